The second-order valence-corrected chi connectivity index (χ2v) is 5.41. The summed E-state index contributed by atoms with van der Waals surface area (Å²) in [5, 5.41) is 0.893. The molecule has 1 saturated carbocycles. The average molecular weight is 298 g/mol. The number of hydrogen-bond donors (Lipinski definition) is 0. The molecule has 0 spiro atoms. The molecule has 16 heavy (non-hydrogen) atoms. The smallest absolute Gasteiger partial charge is 0.168 e. The zero-order chi connectivity index (χ0) is 11.9. The van der Waals surface area contributed by atoms with E-state index in [4.69, 9.17) is 46.4 Å². The summed E-state index contributed by atoms with van der Waals surface area (Å²) in [7, 11) is 0. The van der Waals surface area contributed by atoms with Gasteiger partial charge in [-0.25, -0.2) is 0 Å². The van der Waals surface area contributed by atoms with E-state index in [1.54, 1.807) is 0 Å². The fraction of sp³-hybridized carbons (Fsp3) is 0.364. The van der Waals surface area contributed by atoms with Crippen LogP contribution in [0.3, 0.4) is 0 Å². The Bertz CT molecular complexity index is 452. The summed E-state index contributed by atoms with van der Waals surface area (Å²) < 4.78 is 0. The van der Waals surface area contributed by atoms with Crippen molar-refractivity contribution >= 4 is 52.2 Å². The molecule has 86 valence electrons. The normalized spacial score (nSPS) is 16.0. The highest BCUT2D eigenvalue weighted by atomic mass is 35.5. The van der Waals surface area contributed by atoms with Crippen LogP contribution < -0.4 is 0 Å². The largest absolute Gasteiger partial charge is 0.294 e. The van der Waals surface area contributed by atoms with Crippen molar-refractivity contribution in [3.05, 3.63) is 31.7 Å². The second kappa shape index (κ2) is 4.73. The molecule has 5 heteroatoms. The van der Waals surface area contributed by atoms with Gasteiger partial charge in [-0.15, -0.1) is 0 Å². The molecule has 0 aromatic heterocycles. The summed E-state index contributed by atoms with van der Waals surface area (Å²) in [6.07, 6.45) is 2.87. The van der Waals surface area contributed by atoms with Crippen molar-refractivity contribution in [2.24, 2.45) is 5.92 Å². The maximum absolute atomic E-state index is 12.1. The minimum Gasteiger partial charge on any atom is -0.294 e. The SMILES string of the molecule is O=C(c1c(Cl)cc(Cl)c(Cl)c1Cl)C1CCC1. The zero-order valence-electron chi connectivity index (χ0n) is 8.20. The summed E-state index contributed by atoms with van der Waals surface area (Å²) in [6, 6.07) is 1.46. The van der Waals surface area contributed by atoms with Gasteiger partial charge in [0, 0.05) is 5.92 Å². The Hall–Kier alpha value is 0.0500. The van der Waals surface area contributed by atoms with Crippen LogP contribution in [0.15, 0.2) is 6.07 Å². The lowest BCUT2D eigenvalue weighted by atomic mass is 9.80. The number of Topliss-reactive ketones (excluding diaryl/α,β-unsaturated/α-hetero) is 1. The van der Waals surface area contributed by atoms with Crippen molar-refractivity contribution in [3.8, 4) is 0 Å². The highest BCUT2D eigenvalue weighted by Gasteiger charge is 2.30. The minimum absolute atomic E-state index is 0.0279. The van der Waals surface area contributed by atoms with Crippen molar-refractivity contribution < 1.29 is 4.79 Å². The predicted octanol–water partition coefficient (Wildman–Crippen LogP) is 5.28. The number of ketones is 1. The summed E-state index contributed by atoms with van der Waals surface area (Å²) >= 11 is 23.7. The van der Waals surface area contributed by atoms with Crippen molar-refractivity contribution in [3.63, 3.8) is 0 Å². The topological polar surface area (TPSA) is 17.1 Å². The van der Waals surface area contributed by atoms with Crippen LogP contribution >= 0.6 is 46.4 Å². The van der Waals surface area contributed by atoms with Gasteiger partial charge in [0.15, 0.2) is 5.78 Å². The Morgan fingerprint density at radius 3 is 2.19 bits per heavy atom. The first-order valence-electron chi connectivity index (χ1n) is 4.89. The lowest BCUT2D eigenvalue weighted by Gasteiger charge is -2.24. The van der Waals surface area contributed by atoms with Gasteiger partial charge in [0.1, 0.15) is 0 Å². The molecule has 0 aliphatic heterocycles. The standard InChI is InChI=1S/C11H8Cl4O/c12-6-4-7(13)9(14)10(15)8(6)11(16)5-2-1-3-5/h4-5H,1-3H2. The van der Waals surface area contributed by atoms with E-state index in [0.29, 0.717) is 5.56 Å². The maximum Gasteiger partial charge on any atom is 0.168 e. The minimum atomic E-state index is -0.0279. The van der Waals surface area contributed by atoms with Crippen LogP contribution in [-0.4, -0.2) is 5.78 Å². The van der Waals surface area contributed by atoms with E-state index < -0.39 is 0 Å². The van der Waals surface area contributed by atoms with Gasteiger partial charge in [0.2, 0.25) is 0 Å². The Labute approximate surface area is 114 Å². The van der Waals surface area contributed by atoms with Crippen molar-refractivity contribution in [1.29, 1.82) is 0 Å². The van der Waals surface area contributed by atoms with Crippen molar-refractivity contribution in [1.82, 2.24) is 0 Å². The summed E-state index contributed by atoms with van der Waals surface area (Å²) in [5.41, 5.74) is 0.308. The quantitative estimate of drug-likeness (QED) is 0.412. The highest BCUT2D eigenvalue weighted by molar-refractivity contribution is 6.51. The molecule has 0 N–H and O–H groups in total. The summed E-state index contributed by atoms with van der Waals surface area (Å²) in [5.74, 6) is 0.00654. The highest BCUT2D eigenvalue weighted by Crippen LogP contribution is 2.40. The number of halogens is 4. The number of carbonyl (C=O) groups is 1. The van der Waals surface area contributed by atoms with Gasteiger partial charge in [-0.3, -0.25) is 4.79 Å². The third-order valence-electron chi connectivity index (χ3n) is 2.84. The first-order valence-corrected chi connectivity index (χ1v) is 6.40. The van der Waals surface area contributed by atoms with Crippen LogP contribution in [0.2, 0.25) is 20.1 Å². The molecule has 1 aliphatic carbocycles. The fourth-order valence-electron chi connectivity index (χ4n) is 1.67. The fourth-order valence-corrected chi connectivity index (χ4v) is 2.77. The molecule has 1 aromatic carbocycles. The number of rotatable bonds is 2. The van der Waals surface area contributed by atoms with Gasteiger partial charge in [-0.1, -0.05) is 52.8 Å². The lowest BCUT2D eigenvalue weighted by molar-refractivity contribution is 0.0855. The molecule has 0 atom stereocenters. The lowest BCUT2D eigenvalue weighted by Crippen LogP contribution is -2.22. The molecule has 2 rings (SSSR count). The third-order valence-corrected chi connectivity index (χ3v) is 4.40. The Morgan fingerprint density at radius 2 is 1.69 bits per heavy atom. The second-order valence-electron chi connectivity index (χ2n) is 3.84. The molecule has 0 bridgehead atoms. The molecule has 0 radical (unpaired) electrons. The molecule has 1 nitrogen and oxygen atoms in total. The summed E-state index contributed by atoms with van der Waals surface area (Å²) in [6.45, 7) is 0. The monoisotopic (exact) mass is 296 g/mol. The van der Waals surface area contributed by atoms with Crippen LogP contribution in [0.4, 0.5) is 0 Å². The van der Waals surface area contributed by atoms with E-state index in [1.165, 1.54) is 6.07 Å². The van der Waals surface area contributed by atoms with Gasteiger partial charge in [-0.2, -0.15) is 0 Å². The first-order chi connectivity index (χ1) is 7.52. The van der Waals surface area contributed by atoms with E-state index in [9.17, 15) is 4.79 Å². The van der Waals surface area contributed by atoms with E-state index >= 15 is 0 Å². The molecule has 1 aliphatic rings. The molecule has 0 heterocycles. The molecular weight excluding hydrogens is 290 g/mol. The van der Waals surface area contributed by atoms with Crippen LogP contribution in [-0.2, 0) is 0 Å². The molecule has 1 fully saturated rings. The van der Waals surface area contributed by atoms with Crippen molar-refractivity contribution in [2.75, 3.05) is 0 Å². The molecule has 1 aromatic rings. The van der Waals surface area contributed by atoms with Crippen molar-refractivity contribution in [2.45, 2.75) is 19.3 Å². The van der Waals surface area contributed by atoms with E-state index in [0.717, 1.165) is 19.3 Å². The zero-order valence-corrected chi connectivity index (χ0v) is 11.2. The van der Waals surface area contributed by atoms with E-state index in [2.05, 4.69) is 0 Å². The average Bonchev–Trinajstić information content (AvgIpc) is 2.11. The Balaban J connectivity index is 2.47. The number of hydrogen-bond acceptors (Lipinski definition) is 1. The van der Waals surface area contributed by atoms with Crippen LogP contribution in [0.25, 0.3) is 0 Å². The van der Waals surface area contributed by atoms with Gasteiger partial charge in [0.25, 0.3) is 0 Å². The maximum atomic E-state index is 12.1. The van der Waals surface area contributed by atoms with Gasteiger partial charge < -0.3 is 0 Å². The number of benzene rings is 1. The van der Waals surface area contributed by atoms with Crippen LogP contribution in [0, 0.1) is 5.92 Å². The molecule has 0 saturated heterocycles. The third kappa shape index (κ3) is 2.06. The predicted molar refractivity (Wildman–Crippen MR) is 68.2 cm³/mol. The van der Waals surface area contributed by atoms with Gasteiger partial charge in [-0.05, 0) is 18.9 Å². The van der Waals surface area contributed by atoms with Crippen LogP contribution in [0.1, 0.15) is 29.6 Å². The van der Waals surface area contributed by atoms with Gasteiger partial charge in [0.05, 0.1) is 25.7 Å². The van der Waals surface area contributed by atoms with E-state index in [-0.39, 0.29) is 31.8 Å². The molecule has 0 amide bonds. The first kappa shape index (κ1) is 12.5. The molecule has 0 unspecified atom stereocenters. The number of carbonyl (C=O) groups excluding carboxylic acids is 1. The Kier molecular flexibility index (Phi) is 3.70. The van der Waals surface area contributed by atoms with E-state index in [1.807, 2.05) is 0 Å². The molecular formula is C11H8Cl4O. The Morgan fingerprint density at radius 1 is 1.06 bits per heavy atom. The van der Waals surface area contributed by atoms with Gasteiger partial charge >= 0.3 is 0 Å². The summed E-state index contributed by atoms with van der Waals surface area (Å²) in [4.78, 5) is 12.1. The van der Waals surface area contributed by atoms with Crippen LogP contribution in [0.5, 0.6) is 0 Å².